The molecule has 0 aromatic carbocycles. The number of fused-ring (bicyclic) bond motifs is 2. The van der Waals surface area contributed by atoms with Gasteiger partial charge in [0.05, 0.1) is 11.1 Å². The summed E-state index contributed by atoms with van der Waals surface area (Å²) in [6.45, 7) is 0. The van der Waals surface area contributed by atoms with Gasteiger partial charge in [-0.15, -0.1) is 0 Å². The highest BCUT2D eigenvalue weighted by Gasteiger charge is 2.45. The molecule has 20 heavy (non-hydrogen) atoms. The molecule has 4 aliphatic rings. The molecule has 2 saturated carbocycles. The van der Waals surface area contributed by atoms with Crippen LogP contribution in [-0.4, -0.2) is 24.1 Å². The zero-order valence-electron chi connectivity index (χ0n) is 11.4. The van der Waals surface area contributed by atoms with E-state index in [1.807, 2.05) is 0 Å². The average Bonchev–Trinajstić information content (AvgIpc) is 2.94. The first-order chi connectivity index (χ1) is 9.75. The highest BCUT2D eigenvalue weighted by molar-refractivity contribution is 6.10. The number of hydrogen-bond donors (Lipinski definition) is 0. The minimum atomic E-state index is -0.308. The van der Waals surface area contributed by atoms with Crippen molar-refractivity contribution in [1.29, 1.82) is 0 Å². The summed E-state index contributed by atoms with van der Waals surface area (Å²) in [6, 6.07) is 0. The number of rotatable bonds is 1. The molecule has 2 fully saturated rings. The van der Waals surface area contributed by atoms with Gasteiger partial charge in [-0.25, -0.2) is 9.59 Å². The van der Waals surface area contributed by atoms with E-state index in [1.54, 1.807) is 0 Å². The lowest BCUT2D eigenvalue weighted by atomic mass is 9.84. The van der Waals surface area contributed by atoms with Crippen LogP contribution in [-0.2, 0) is 19.1 Å². The molecule has 4 heteroatoms. The molecule has 0 spiro atoms. The van der Waals surface area contributed by atoms with Crippen LogP contribution in [0.5, 0.6) is 0 Å². The number of ether oxygens (including phenoxy) is 2. The molecule has 2 aliphatic heterocycles. The largest absolute Gasteiger partial charge is 0.454 e. The Morgan fingerprint density at radius 1 is 0.700 bits per heavy atom. The summed E-state index contributed by atoms with van der Waals surface area (Å²) in [5.41, 5.74) is 3.21. The van der Waals surface area contributed by atoms with Gasteiger partial charge in [-0.1, -0.05) is 0 Å². The predicted octanol–water partition coefficient (Wildman–Crippen LogP) is 2.58. The van der Waals surface area contributed by atoms with E-state index in [0.29, 0.717) is 11.1 Å². The Morgan fingerprint density at radius 2 is 1.15 bits per heavy atom. The number of carbonyl (C=O) groups is 2. The molecular weight excluding hydrogens is 256 g/mol. The quantitative estimate of drug-likeness (QED) is 0.690. The van der Waals surface area contributed by atoms with Crippen LogP contribution in [0.15, 0.2) is 22.3 Å². The first-order valence-corrected chi connectivity index (χ1v) is 7.64. The molecule has 0 bridgehead atoms. The van der Waals surface area contributed by atoms with Crippen molar-refractivity contribution in [3.63, 3.8) is 0 Å². The fourth-order valence-electron chi connectivity index (χ4n) is 3.96. The van der Waals surface area contributed by atoms with E-state index in [-0.39, 0.29) is 24.1 Å². The van der Waals surface area contributed by atoms with E-state index in [9.17, 15) is 9.59 Å². The standard InChI is InChI=1S/C16H18O4/c17-15-13(9-5-1-3-7-11(9)19-15)14-10-6-2-4-8-12(10)20-16(14)18/h11-12H,1-8H2/t11-,12+. The molecule has 2 atom stereocenters. The maximum Gasteiger partial charge on any atom is 0.339 e. The minimum absolute atomic E-state index is 0.0882. The fraction of sp³-hybridized carbons (Fsp3) is 0.625. The van der Waals surface area contributed by atoms with Gasteiger partial charge >= 0.3 is 11.9 Å². The van der Waals surface area contributed by atoms with Crippen LogP contribution in [0, 0.1) is 0 Å². The first kappa shape index (κ1) is 12.2. The van der Waals surface area contributed by atoms with E-state index >= 15 is 0 Å². The van der Waals surface area contributed by atoms with Crippen LogP contribution in [0.1, 0.15) is 51.4 Å². The van der Waals surface area contributed by atoms with Gasteiger partial charge in [-0.3, -0.25) is 0 Å². The first-order valence-electron chi connectivity index (χ1n) is 7.64. The third-order valence-electron chi connectivity index (χ3n) is 4.90. The van der Waals surface area contributed by atoms with Crippen LogP contribution in [0.25, 0.3) is 0 Å². The summed E-state index contributed by atoms with van der Waals surface area (Å²) in [7, 11) is 0. The predicted molar refractivity (Wildman–Crippen MR) is 70.7 cm³/mol. The monoisotopic (exact) mass is 274 g/mol. The number of hydrogen-bond acceptors (Lipinski definition) is 4. The molecule has 0 unspecified atom stereocenters. The van der Waals surface area contributed by atoms with Crippen molar-refractivity contribution in [2.24, 2.45) is 0 Å². The minimum Gasteiger partial charge on any atom is -0.454 e. The second kappa shape index (κ2) is 4.47. The lowest BCUT2D eigenvalue weighted by Crippen LogP contribution is -2.15. The summed E-state index contributed by atoms with van der Waals surface area (Å²) in [5.74, 6) is -0.616. The Morgan fingerprint density at radius 3 is 1.60 bits per heavy atom. The molecule has 106 valence electrons. The van der Waals surface area contributed by atoms with E-state index in [1.165, 1.54) is 0 Å². The molecule has 0 N–H and O–H groups in total. The molecule has 0 radical (unpaired) electrons. The van der Waals surface area contributed by atoms with Gasteiger partial charge in [0.1, 0.15) is 12.2 Å². The zero-order chi connectivity index (χ0) is 13.7. The molecule has 2 aliphatic carbocycles. The van der Waals surface area contributed by atoms with Crippen LogP contribution >= 0.6 is 0 Å². The maximum atomic E-state index is 12.2. The van der Waals surface area contributed by atoms with Crippen LogP contribution in [0.3, 0.4) is 0 Å². The Balaban J connectivity index is 1.82. The maximum absolute atomic E-state index is 12.2. The van der Waals surface area contributed by atoms with E-state index in [4.69, 9.17) is 9.47 Å². The van der Waals surface area contributed by atoms with Crippen molar-refractivity contribution in [1.82, 2.24) is 0 Å². The second-order valence-corrected chi connectivity index (χ2v) is 6.08. The van der Waals surface area contributed by atoms with Crippen molar-refractivity contribution in [2.75, 3.05) is 0 Å². The topological polar surface area (TPSA) is 52.6 Å². The van der Waals surface area contributed by atoms with Gasteiger partial charge in [0.2, 0.25) is 0 Å². The van der Waals surface area contributed by atoms with E-state index in [0.717, 1.165) is 62.5 Å². The molecule has 4 nitrogen and oxygen atoms in total. The van der Waals surface area contributed by atoms with Crippen LogP contribution in [0.4, 0.5) is 0 Å². The summed E-state index contributed by atoms with van der Waals surface area (Å²) in [4.78, 5) is 24.5. The molecular formula is C16H18O4. The third kappa shape index (κ3) is 1.67. The smallest absolute Gasteiger partial charge is 0.339 e. The van der Waals surface area contributed by atoms with Crippen molar-refractivity contribution in [3.05, 3.63) is 22.3 Å². The third-order valence-corrected chi connectivity index (χ3v) is 4.90. The van der Waals surface area contributed by atoms with Gasteiger partial charge in [0.25, 0.3) is 0 Å². The number of carbonyl (C=O) groups excluding carboxylic acids is 2. The second-order valence-electron chi connectivity index (χ2n) is 6.08. The van der Waals surface area contributed by atoms with Crippen LogP contribution in [0.2, 0.25) is 0 Å². The van der Waals surface area contributed by atoms with Gasteiger partial charge in [0.15, 0.2) is 0 Å². The van der Waals surface area contributed by atoms with E-state index in [2.05, 4.69) is 0 Å². The Bertz CT molecular complexity index is 505. The Kier molecular flexibility index (Phi) is 2.72. The molecule has 0 saturated heterocycles. The lowest BCUT2D eigenvalue weighted by Gasteiger charge is -2.19. The van der Waals surface area contributed by atoms with Crippen molar-refractivity contribution in [2.45, 2.75) is 63.6 Å². The lowest BCUT2D eigenvalue weighted by molar-refractivity contribution is -0.143. The van der Waals surface area contributed by atoms with Crippen LogP contribution < -0.4 is 0 Å². The van der Waals surface area contributed by atoms with Gasteiger partial charge < -0.3 is 9.47 Å². The molecule has 0 aromatic rings. The molecule has 4 rings (SSSR count). The zero-order valence-corrected chi connectivity index (χ0v) is 11.4. The summed E-state index contributed by atoms with van der Waals surface area (Å²) < 4.78 is 10.9. The van der Waals surface area contributed by atoms with Crippen molar-refractivity contribution in [3.8, 4) is 0 Å². The molecule has 2 heterocycles. The van der Waals surface area contributed by atoms with Gasteiger partial charge in [-0.05, 0) is 62.5 Å². The van der Waals surface area contributed by atoms with Crippen molar-refractivity contribution < 1.29 is 19.1 Å². The Labute approximate surface area is 117 Å². The number of esters is 2. The van der Waals surface area contributed by atoms with Gasteiger partial charge in [-0.2, -0.15) is 0 Å². The fourth-order valence-corrected chi connectivity index (χ4v) is 3.96. The highest BCUT2D eigenvalue weighted by atomic mass is 16.6. The van der Waals surface area contributed by atoms with Gasteiger partial charge in [0, 0.05) is 0 Å². The summed E-state index contributed by atoms with van der Waals surface area (Å²) in [6.07, 6.45) is 7.70. The normalized spacial score (nSPS) is 33.0. The van der Waals surface area contributed by atoms with E-state index < -0.39 is 0 Å². The Hall–Kier alpha value is -1.58. The average molecular weight is 274 g/mol. The molecule has 0 aromatic heterocycles. The summed E-state index contributed by atoms with van der Waals surface area (Å²) >= 11 is 0. The van der Waals surface area contributed by atoms with Crippen molar-refractivity contribution >= 4 is 11.9 Å². The summed E-state index contributed by atoms with van der Waals surface area (Å²) in [5, 5.41) is 0. The SMILES string of the molecule is O=C1O[C@H]2CCCCC2=C1C1=C2CCCC[C@H]2OC1=O. The molecule has 0 amide bonds. The highest BCUT2D eigenvalue weighted by Crippen LogP contribution is 2.43.